The smallest absolute Gasteiger partial charge is 0.337 e. The third-order valence-electron chi connectivity index (χ3n) is 4.17. The van der Waals surface area contributed by atoms with Crippen molar-refractivity contribution in [3.05, 3.63) is 33.4 Å². The molecule has 1 unspecified atom stereocenters. The summed E-state index contributed by atoms with van der Waals surface area (Å²) in [5.74, 6) is 0.533. The second-order valence-electron chi connectivity index (χ2n) is 5.72. The minimum Gasteiger partial charge on any atom is -0.493 e. The fourth-order valence-electron chi connectivity index (χ4n) is 2.88. The highest BCUT2D eigenvalue weighted by Gasteiger charge is 2.35. The van der Waals surface area contributed by atoms with Crippen LogP contribution in [0, 0.1) is 0 Å². The Morgan fingerprint density at radius 1 is 1.23 bits per heavy atom. The van der Waals surface area contributed by atoms with Gasteiger partial charge in [0.2, 0.25) is 0 Å². The summed E-state index contributed by atoms with van der Waals surface area (Å²) in [7, 11) is 4.39. The van der Waals surface area contributed by atoms with Crippen molar-refractivity contribution in [2.24, 2.45) is 0 Å². The summed E-state index contributed by atoms with van der Waals surface area (Å²) in [5.41, 5.74) is 1.63. The molecule has 0 spiro atoms. The van der Waals surface area contributed by atoms with Gasteiger partial charge in [-0.15, -0.1) is 0 Å². The fourth-order valence-corrected chi connectivity index (χ4v) is 3.60. The molecule has 0 fully saturated rings. The molecule has 1 aliphatic heterocycles. The Bertz CT molecular complexity index is 733. The molecule has 0 saturated heterocycles. The molecule has 7 nitrogen and oxygen atoms in total. The Balaban J connectivity index is 2.61. The van der Waals surface area contributed by atoms with E-state index in [1.807, 2.05) is 6.92 Å². The van der Waals surface area contributed by atoms with E-state index in [1.165, 1.54) is 14.2 Å². The number of hydrogen-bond acceptors (Lipinski definition) is 5. The van der Waals surface area contributed by atoms with Gasteiger partial charge in [-0.05, 0) is 40.4 Å². The number of carbonyl (C=O) groups excluding carboxylic acids is 2. The summed E-state index contributed by atoms with van der Waals surface area (Å²) in [5, 5.41) is 5.54. The molecule has 26 heavy (non-hydrogen) atoms. The minimum atomic E-state index is -0.669. The van der Waals surface area contributed by atoms with Crippen molar-refractivity contribution in [1.82, 2.24) is 10.6 Å². The highest BCUT2D eigenvalue weighted by Crippen LogP contribution is 2.42. The van der Waals surface area contributed by atoms with Gasteiger partial charge in [0.15, 0.2) is 11.5 Å². The SMILES string of the molecule is CCCCC1=C(C(=O)OC)C(c2ccc(OC)c(OC)c2Br)NC(=O)N1. The molecular weight excluding hydrogens is 404 g/mol. The number of halogens is 1. The van der Waals surface area contributed by atoms with Gasteiger partial charge in [0.1, 0.15) is 0 Å². The Labute approximate surface area is 161 Å². The van der Waals surface area contributed by atoms with Crippen LogP contribution in [0.15, 0.2) is 27.9 Å². The van der Waals surface area contributed by atoms with Gasteiger partial charge in [0, 0.05) is 5.70 Å². The van der Waals surface area contributed by atoms with Gasteiger partial charge in [-0.1, -0.05) is 19.4 Å². The standard InChI is InChI=1S/C18H23BrN2O5/c1-5-6-7-11-13(17(22)26-4)15(21-18(23)20-11)10-8-9-12(24-2)16(25-3)14(10)19/h8-9,15H,5-7H2,1-4H3,(H2,20,21,23). The maximum atomic E-state index is 12.5. The molecule has 1 aromatic rings. The van der Waals surface area contributed by atoms with Crippen LogP contribution < -0.4 is 20.1 Å². The molecule has 2 N–H and O–H groups in total. The number of ether oxygens (including phenoxy) is 3. The van der Waals surface area contributed by atoms with Gasteiger partial charge >= 0.3 is 12.0 Å². The van der Waals surface area contributed by atoms with Crippen molar-refractivity contribution < 1.29 is 23.8 Å². The monoisotopic (exact) mass is 426 g/mol. The van der Waals surface area contributed by atoms with Gasteiger partial charge in [-0.3, -0.25) is 0 Å². The van der Waals surface area contributed by atoms with E-state index in [2.05, 4.69) is 26.6 Å². The molecule has 0 radical (unpaired) electrons. The average Bonchev–Trinajstić information content (AvgIpc) is 2.64. The van der Waals surface area contributed by atoms with Crippen LogP contribution >= 0.6 is 15.9 Å². The third kappa shape index (κ3) is 3.95. The zero-order valence-corrected chi connectivity index (χ0v) is 16.9. The molecule has 2 rings (SSSR count). The van der Waals surface area contributed by atoms with Crippen molar-refractivity contribution >= 4 is 27.9 Å². The maximum Gasteiger partial charge on any atom is 0.337 e. The molecule has 1 aliphatic rings. The van der Waals surface area contributed by atoms with E-state index in [0.29, 0.717) is 39.2 Å². The number of amides is 2. The first kappa shape index (κ1) is 20.1. The molecule has 1 heterocycles. The van der Waals surface area contributed by atoms with Gasteiger partial charge < -0.3 is 24.8 Å². The number of methoxy groups -OCH3 is 3. The summed E-state index contributed by atoms with van der Waals surface area (Å²) in [6, 6.07) is 2.48. The molecular formula is C18H23BrN2O5. The lowest BCUT2D eigenvalue weighted by Crippen LogP contribution is -2.46. The van der Waals surface area contributed by atoms with Crippen LogP contribution in [0.2, 0.25) is 0 Å². The molecule has 0 aromatic heterocycles. The normalized spacial score (nSPS) is 16.7. The van der Waals surface area contributed by atoms with Gasteiger partial charge in [0.05, 0.1) is 37.4 Å². The number of rotatable bonds is 7. The molecule has 1 aromatic carbocycles. The van der Waals surface area contributed by atoms with E-state index in [9.17, 15) is 9.59 Å². The summed E-state index contributed by atoms with van der Waals surface area (Å²) >= 11 is 3.51. The van der Waals surface area contributed by atoms with Crippen LogP contribution in [-0.4, -0.2) is 33.3 Å². The van der Waals surface area contributed by atoms with Crippen LogP contribution in [0.5, 0.6) is 11.5 Å². The Morgan fingerprint density at radius 2 is 1.96 bits per heavy atom. The van der Waals surface area contributed by atoms with Crippen molar-refractivity contribution in [3.8, 4) is 11.5 Å². The van der Waals surface area contributed by atoms with Gasteiger partial charge in [-0.25, -0.2) is 9.59 Å². The van der Waals surface area contributed by atoms with Crippen LogP contribution in [0.4, 0.5) is 4.79 Å². The second-order valence-corrected chi connectivity index (χ2v) is 6.52. The molecule has 1 atom stereocenters. The molecule has 2 amide bonds. The van der Waals surface area contributed by atoms with E-state index in [-0.39, 0.29) is 6.03 Å². The second kappa shape index (κ2) is 8.93. The highest BCUT2D eigenvalue weighted by molar-refractivity contribution is 9.10. The topological polar surface area (TPSA) is 85.9 Å². The number of allylic oxidation sites excluding steroid dienone is 1. The lowest BCUT2D eigenvalue weighted by atomic mass is 9.93. The Hall–Kier alpha value is -2.22. The Morgan fingerprint density at radius 3 is 2.54 bits per heavy atom. The summed E-state index contributed by atoms with van der Waals surface area (Å²) in [4.78, 5) is 24.7. The van der Waals surface area contributed by atoms with Crippen LogP contribution in [-0.2, 0) is 9.53 Å². The number of nitrogens with one attached hydrogen (secondary N) is 2. The van der Waals surface area contributed by atoms with Crippen molar-refractivity contribution in [3.63, 3.8) is 0 Å². The number of carbonyl (C=O) groups is 2. The van der Waals surface area contributed by atoms with Crippen molar-refractivity contribution in [2.75, 3.05) is 21.3 Å². The fraction of sp³-hybridized carbons (Fsp3) is 0.444. The lowest BCUT2D eigenvalue weighted by Gasteiger charge is -2.30. The number of unbranched alkanes of at least 4 members (excludes halogenated alkanes) is 1. The minimum absolute atomic E-state index is 0.365. The summed E-state index contributed by atoms with van der Waals surface area (Å²) in [6.07, 6.45) is 2.36. The summed E-state index contributed by atoms with van der Waals surface area (Å²) in [6.45, 7) is 2.05. The van der Waals surface area contributed by atoms with E-state index < -0.39 is 12.0 Å². The van der Waals surface area contributed by atoms with Crippen LogP contribution in [0.3, 0.4) is 0 Å². The van der Waals surface area contributed by atoms with E-state index in [0.717, 1.165) is 12.8 Å². The lowest BCUT2D eigenvalue weighted by molar-refractivity contribution is -0.136. The molecule has 8 heteroatoms. The number of urea groups is 1. The van der Waals surface area contributed by atoms with Crippen molar-refractivity contribution in [1.29, 1.82) is 0 Å². The highest BCUT2D eigenvalue weighted by atomic mass is 79.9. The van der Waals surface area contributed by atoms with Gasteiger partial charge in [-0.2, -0.15) is 0 Å². The first-order valence-corrected chi connectivity index (χ1v) is 9.06. The molecule has 0 aliphatic carbocycles. The number of esters is 1. The summed E-state index contributed by atoms with van der Waals surface area (Å²) < 4.78 is 16.3. The van der Waals surface area contributed by atoms with Crippen LogP contribution in [0.1, 0.15) is 37.8 Å². The number of hydrogen-bond donors (Lipinski definition) is 2. The quantitative estimate of drug-likeness (QED) is 0.652. The first-order valence-electron chi connectivity index (χ1n) is 8.27. The van der Waals surface area contributed by atoms with E-state index >= 15 is 0 Å². The van der Waals surface area contributed by atoms with Gasteiger partial charge in [0.25, 0.3) is 0 Å². The predicted octanol–water partition coefficient (Wildman–Crippen LogP) is 3.44. The third-order valence-corrected chi connectivity index (χ3v) is 4.98. The number of benzene rings is 1. The van der Waals surface area contributed by atoms with Crippen molar-refractivity contribution in [2.45, 2.75) is 32.2 Å². The largest absolute Gasteiger partial charge is 0.493 e. The van der Waals surface area contributed by atoms with E-state index in [4.69, 9.17) is 14.2 Å². The zero-order chi connectivity index (χ0) is 19.3. The Kier molecular flexibility index (Phi) is 6.90. The first-order chi connectivity index (χ1) is 12.5. The molecule has 142 valence electrons. The zero-order valence-electron chi connectivity index (χ0n) is 15.3. The average molecular weight is 427 g/mol. The molecule has 0 bridgehead atoms. The maximum absolute atomic E-state index is 12.5. The van der Waals surface area contributed by atoms with E-state index in [1.54, 1.807) is 19.2 Å². The molecule has 0 saturated carbocycles. The van der Waals surface area contributed by atoms with Crippen LogP contribution in [0.25, 0.3) is 0 Å². The predicted molar refractivity (Wildman–Crippen MR) is 100 cm³/mol.